The zero-order chi connectivity index (χ0) is 18.2. The van der Waals surface area contributed by atoms with E-state index in [-0.39, 0.29) is 17.3 Å². The number of H-pyrrole nitrogens is 1. The highest BCUT2D eigenvalue weighted by molar-refractivity contribution is 7.89. The predicted molar refractivity (Wildman–Crippen MR) is 92.8 cm³/mol. The first-order chi connectivity index (χ1) is 11.8. The molecule has 0 bridgehead atoms. The van der Waals surface area contributed by atoms with Crippen molar-refractivity contribution >= 4 is 15.9 Å². The van der Waals surface area contributed by atoms with Crippen LogP contribution < -0.4 is 0 Å². The second-order valence-corrected chi connectivity index (χ2v) is 8.15. The van der Waals surface area contributed by atoms with Gasteiger partial charge in [-0.05, 0) is 26.3 Å². The van der Waals surface area contributed by atoms with E-state index in [0.29, 0.717) is 43.0 Å². The molecule has 0 radical (unpaired) electrons. The number of aryl methyl sites for hydroxylation is 2. The molecule has 3 rings (SSSR count). The van der Waals surface area contributed by atoms with Gasteiger partial charge in [-0.15, -0.1) is 0 Å². The molecule has 0 unspecified atom stereocenters. The molecular formula is C16H23N5O3S. The summed E-state index contributed by atoms with van der Waals surface area (Å²) in [7, 11) is -1.89. The van der Waals surface area contributed by atoms with Crippen LogP contribution in [-0.2, 0) is 17.1 Å². The summed E-state index contributed by atoms with van der Waals surface area (Å²) in [4.78, 5) is 17.3. The van der Waals surface area contributed by atoms with Crippen molar-refractivity contribution in [3.63, 3.8) is 0 Å². The van der Waals surface area contributed by atoms with Crippen molar-refractivity contribution in [2.75, 3.05) is 26.2 Å². The topological polar surface area (TPSA) is 91.3 Å². The molecule has 3 heterocycles. The van der Waals surface area contributed by atoms with Crippen molar-refractivity contribution in [1.29, 1.82) is 0 Å². The second-order valence-electron chi connectivity index (χ2n) is 6.27. The fourth-order valence-electron chi connectivity index (χ4n) is 3.23. The van der Waals surface area contributed by atoms with Crippen LogP contribution in [0.2, 0.25) is 0 Å². The third kappa shape index (κ3) is 3.21. The standard InChI is InChI=1S/C16H23N5O3S/c1-12-15(13(2)19(3)18-12)25(23,24)21-8-4-7-20(9-10-21)16(22)14-5-6-17-11-14/h5-6,11,17H,4,7-10H2,1-3H3. The molecule has 25 heavy (non-hydrogen) atoms. The van der Waals surface area contributed by atoms with E-state index in [9.17, 15) is 13.2 Å². The van der Waals surface area contributed by atoms with Gasteiger partial charge in [0.25, 0.3) is 5.91 Å². The minimum absolute atomic E-state index is 0.0748. The number of rotatable bonds is 3. The molecule has 0 aromatic carbocycles. The summed E-state index contributed by atoms with van der Waals surface area (Å²) in [5, 5.41) is 4.21. The number of carbonyl (C=O) groups is 1. The third-order valence-electron chi connectivity index (χ3n) is 4.63. The fourth-order valence-corrected chi connectivity index (χ4v) is 5.10. The summed E-state index contributed by atoms with van der Waals surface area (Å²) in [5.74, 6) is -0.0748. The first-order valence-corrected chi connectivity index (χ1v) is 9.69. The molecule has 1 aliphatic heterocycles. The molecule has 0 aliphatic carbocycles. The van der Waals surface area contributed by atoms with Crippen molar-refractivity contribution in [1.82, 2.24) is 24.0 Å². The van der Waals surface area contributed by atoms with Crippen LogP contribution in [0.5, 0.6) is 0 Å². The first-order valence-electron chi connectivity index (χ1n) is 8.25. The highest BCUT2D eigenvalue weighted by Gasteiger charge is 2.32. The maximum absolute atomic E-state index is 13.1. The van der Waals surface area contributed by atoms with E-state index in [1.165, 1.54) is 4.31 Å². The number of hydrogen-bond donors (Lipinski definition) is 1. The maximum Gasteiger partial charge on any atom is 0.255 e. The minimum atomic E-state index is -3.62. The number of nitrogens with zero attached hydrogens (tertiary/aromatic N) is 4. The van der Waals surface area contributed by atoms with Gasteiger partial charge in [-0.3, -0.25) is 9.48 Å². The number of sulfonamides is 1. The Morgan fingerprint density at radius 3 is 2.56 bits per heavy atom. The van der Waals surface area contributed by atoms with Crippen molar-refractivity contribution in [3.8, 4) is 0 Å². The van der Waals surface area contributed by atoms with Gasteiger partial charge in [0, 0.05) is 45.6 Å². The van der Waals surface area contributed by atoms with E-state index < -0.39 is 10.0 Å². The molecule has 0 spiro atoms. The lowest BCUT2D eigenvalue weighted by atomic mass is 10.3. The average Bonchev–Trinajstić information content (AvgIpc) is 3.08. The van der Waals surface area contributed by atoms with E-state index >= 15 is 0 Å². The zero-order valence-corrected chi connectivity index (χ0v) is 15.5. The Morgan fingerprint density at radius 1 is 1.20 bits per heavy atom. The lowest BCUT2D eigenvalue weighted by molar-refractivity contribution is 0.0764. The Morgan fingerprint density at radius 2 is 1.96 bits per heavy atom. The summed E-state index contributed by atoms with van der Waals surface area (Å²) in [6.45, 7) is 5.06. The fraction of sp³-hybridized carbons (Fsp3) is 0.500. The molecule has 9 heteroatoms. The molecule has 136 valence electrons. The highest BCUT2D eigenvalue weighted by Crippen LogP contribution is 2.24. The largest absolute Gasteiger partial charge is 0.367 e. The molecule has 2 aromatic heterocycles. The molecular weight excluding hydrogens is 342 g/mol. The van der Waals surface area contributed by atoms with Crippen LogP contribution in [0.25, 0.3) is 0 Å². The highest BCUT2D eigenvalue weighted by atomic mass is 32.2. The third-order valence-corrected chi connectivity index (χ3v) is 6.78. The van der Waals surface area contributed by atoms with Crippen molar-refractivity contribution in [2.24, 2.45) is 7.05 Å². The zero-order valence-electron chi connectivity index (χ0n) is 14.7. The lowest BCUT2D eigenvalue weighted by Crippen LogP contribution is -2.37. The lowest BCUT2D eigenvalue weighted by Gasteiger charge is -2.22. The van der Waals surface area contributed by atoms with Crippen LogP contribution in [0.1, 0.15) is 28.2 Å². The number of aromatic nitrogens is 3. The molecule has 1 aliphatic rings. The van der Waals surface area contributed by atoms with E-state index in [2.05, 4.69) is 10.1 Å². The maximum atomic E-state index is 13.1. The monoisotopic (exact) mass is 365 g/mol. The quantitative estimate of drug-likeness (QED) is 0.875. The van der Waals surface area contributed by atoms with Gasteiger partial charge < -0.3 is 9.88 Å². The molecule has 1 saturated heterocycles. The molecule has 8 nitrogen and oxygen atoms in total. The summed E-state index contributed by atoms with van der Waals surface area (Å²) < 4.78 is 29.2. The molecule has 0 atom stereocenters. The Bertz CT molecular complexity index is 870. The SMILES string of the molecule is Cc1nn(C)c(C)c1S(=O)(=O)N1CCCN(C(=O)c2cc[nH]c2)CC1. The average molecular weight is 365 g/mol. The predicted octanol–water partition coefficient (Wildman–Crippen LogP) is 0.902. The van der Waals surface area contributed by atoms with Crippen LogP contribution in [0.4, 0.5) is 0 Å². The number of carbonyl (C=O) groups excluding carboxylic acids is 1. The Kier molecular flexibility index (Phi) is 4.70. The van der Waals surface area contributed by atoms with Gasteiger partial charge in [0.05, 0.1) is 17.0 Å². The van der Waals surface area contributed by atoms with E-state index in [0.717, 1.165) is 0 Å². The summed E-state index contributed by atoms with van der Waals surface area (Å²) >= 11 is 0. The van der Waals surface area contributed by atoms with Crippen LogP contribution in [0.15, 0.2) is 23.4 Å². The molecule has 1 N–H and O–H groups in total. The van der Waals surface area contributed by atoms with Crippen molar-refractivity contribution < 1.29 is 13.2 Å². The minimum Gasteiger partial charge on any atom is -0.367 e. The second kappa shape index (κ2) is 6.64. The number of amides is 1. The van der Waals surface area contributed by atoms with Gasteiger partial charge >= 0.3 is 0 Å². The summed E-state index contributed by atoms with van der Waals surface area (Å²) in [6.07, 6.45) is 3.97. The van der Waals surface area contributed by atoms with Crippen molar-refractivity contribution in [2.45, 2.75) is 25.2 Å². The first kappa shape index (κ1) is 17.7. The van der Waals surface area contributed by atoms with Crippen molar-refractivity contribution in [3.05, 3.63) is 35.4 Å². The molecule has 1 fully saturated rings. The van der Waals surface area contributed by atoms with E-state index in [1.54, 1.807) is 48.9 Å². The van der Waals surface area contributed by atoms with Gasteiger partial charge in [-0.25, -0.2) is 8.42 Å². The van der Waals surface area contributed by atoms with E-state index in [1.807, 2.05) is 0 Å². The normalized spacial score (nSPS) is 16.8. The summed E-state index contributed by atoms with van der Waals surface area (Å²) in [5.41, 5.74) is 1.72. The number of aromatic amines is 1. The van der Waals surface area contributed by atoms with Gasteiger partial charge in [0.2, 0.25) is 10.0 Å². The number of hydrogen-bond acceptors (Lipinski definition) is 4. The van der Waals surface area contributed by atoms with Gasteiger partial charge in [0.1, 0.15) is 4.90 Å². The van der Waals surface area contributed by atoms with Crippen LogP contribution in [0.3, 0.4) is 0 Å². The summed E-state index contributed by atoms with van der Waals surface area (Å²) in [6, 6.07) is 1.73. The molecule has 0 saturated carbocycles. The Labute approximate surface area is 147 Å². The number of nitrogens with one attached hydrogen (secondary N) is 1. The Balaban J connectivity index is 1.80. The molecule has 2 aromatic rings. The molecule has 1 amide bonds. The van der Waals surface area contributed by atoms with Crippen LogP contribution in [-0.4, -0.2) is 64.5 Å². The van der Waals surface area contributed by atoms with Gasteiger partial charge in [0.15, 0.2) is 0 Å². The smallest absolute Gasteiger partial charge is 0.255 e. The van der Waals surface area contributed by atoms with E-state index in [4.69, 9.17) is 0 Å². The van der Waals surface area contributed by atoms with Crippen LogP contribution in [0, 0.1) is 13.8 Å². The van der Waals surface area contributed by atoms with Crippen LogP contribution >= 0.6 is 0 Å². The Hall–Kier alpha value is -2.13. The van der Waals surface area contributed by atoms with Gasteiger partial charge in [-0.2, -0.15) is 9.40 Å². The van der Waals surface area contributed by atoms with Gasteiger partial charge in [-0.1, -0.05) is 0 Å².